The molecular formula is C11H11NO2. The van der Waals surface area contributed by atoms with E-state index in [1.807, 2.05) is 30.3 Å². The van der Waals surface area contributed by atoms with Crippen LogP contribution in [-0.4, -0.2) is 12.2 Å². The van der Waals surface area contributed by atoms with Crippen molar-refractivity contribution in [2.75, 3.05) is 0 Å². The Kier molecular flexibility index (Phi) is 3.61. The first-order valence-electron chi connectivity index (χ1n) is 4.22. The number of carbonyl (C=O) groups excluding carboxylic acids is 2. The molecule has 3 nitrogen and oxygen atoms in total. The maximum absolute atomic E-state index is 10.7. The van der Waals surface area contributed by atoms with Crippen LogP contribution in [0.5, 0.6) is 0 Å². The van der Waals surface area contributed by atoms with E-state index in [0.717, 1.165) is 5.56 Å². The van der Waals surface area contributed by atoms with Crippen molar-refractivity contribution >= 4 is 18.3 Å². The predicted molar refractivity (Wildman–Crippen MR) is 54.3 cm³/mol. The summed E-state index contributed by atoms with van der Waals surface area (Å²) in [6, 6.07) is 9.32. The van der Waals surface area contributed by atoms with Crippen LogP contribution in [0.1, 0.15) is 12.5 Å². The highest BCUT2D eigenvalue weighted by Gasteiger charge is 1.97. The van der Waals surface area contributed by atoms with Crippen LogP contribution in [0.4, 0.5) is 0 Å². The second kappa shape index (κ2) is 4.97. The van der Waals surface area contributed by atoms with Gasteiger partial charge in [0.1, 0.15) is 0 Å². The molecule has 72 valence electrons. The molecule has 0 unspecified atom stereocenters. The molecule has 0 spiro atoms. The lowest BCUT2D eigenvalue weighted by molar-refractivity contribution is -0.119. The van der Waals surface area contributed by atoms with E-state index in [9.17, 15) is 9.59 Å². The fourth-order valence-electron chi connectivity index (χ4n) is 1.03. The molecule has 1 aromatic carbocycles. The molecule has 0 aliphatic rings. The van der Waals surface area contributed by atoms with Crippen LogP contribution in [0, 0.1) is 0 Å². The number of nitrogens with one attached hydrogen (secondary N) is 1. The third-order valence-corrected chi connectivity index (χ3v) is 1.57. The summed E-state index contributed by atoms with van der Waals surface area (Å²) in [5.74, 6) is -0.251. The summed E-state index contributed by atoms with van der Waals surface area (Å²) in [6.07, 6.45) is 2.24. The van der Waals surface area contributed by atoms with Crippen molar-refractivity contribution in [2.24, 2.45) is 0 Å². The third-order valence-electron chi connectivity index (χ3n) is 1.57. The molecule has 1 amide bonds. The highest BCUT2D eigenvalue weighted by molar-refractivity contribution is 5.88. The summed E-state index contributed by atoms with van der Waals surface area (Å²) in [5, 5.41) is 2.43. The zero-order valence-electron chi connectivity index (χ0n) is 7.86. The summed E-state index contributed by atoms with van der Waals surface area (Å²) in [5.41, 5.74) is 1.15. The van der Waals surface area contributed by atoms with E-state index in [0.29, 0.717) is 6.29 Å². The van der Waals surface area contributed by atoms with Gasteiger partial charge in [0.05, 0.1) is 5.70 Å². The zero-order valence-corrected chi connectivity index (χ0v) is 7.86. The standard InChI is InChI=1S/C11H11NO2/c1-9(14)12-11(8-13)7-10-5-3-2-4-6-10/h2-8H,1H3,(H,12,14)/b11-7-. The summed E-state index contributed by atoms with van der Waals surface area (Å²) in [4.78, 5) is 21.3. The second-order valence-electron chi connectivity index (χ2n) is 2.81. The average Bonchev–Trinajstić information content (AvgIpc) is 2.17. The maximum atomic E-state index is 10.7. The lowest BCUT2D eigenvalue weighted by Crippen LogP contribution is -2.19. The highest BCUT2D eigenvalue weighted by atomic mass is 16.2. The van der Waals surface area contributed by atoms with E-state index in [2.05, 4.69) is 5.32 Å². The normalized spacial score (nSPS) is 10.8. The van der Waals surface area contributed by atoms with Crippen molar-refractivity contribution in [1.29, 1.82) is 0 Å². The van der Waals surface area contributed by atoms with E-state index >= 15 is 0 Å². The first kappa shape index (κ1) is 10.2. The molecule has 0 aromatic heterocycles. The Hall–Kier alpha value is -1.90. The Morgan fingerprint density at radius 3 is 2.43 bits per heavy atom. The van der Waals surface area contributed by atoms with Crippen LogP contribution in [0.25, 0.3) is 6.08 Å². The first-order chi connectivity index (χ1) is 6.72. The van der Waals surface area contributed by atoms with Crippen molar-refractivity contribution in [3.63, 3.8) is 0 Å². The van der Waals surface area contributed by atoms with Gasteiger partial charge in [-0.25, -0.2) is 0 Å². The number of benzene rings is 1. The molecule has 1 aromatic rings. The van der Waals surface area contributed by atoms with Crippen molar-refractivity contribution in [3.8, 4) is 0 Å². The van der Waals surface area contributed by atoms with Gasteiger partial charge in [-0.3, -0.25) is 9.59 Å². The Morgan fingerprint density at radius 2 is 1.93 bits per heavy atom. The monoisotopic (exact) mass is 189 g/mol. The van der Waals surface area contributed by atoms with Crippen LogP contribution in [-0.2, 0) is 9.59 Å². The quantitative estimate of drug-likeness (QED) is 0.576. The number of aldehydes is 1. The molecule has 1 rings (SSSR count). The SMILES string of the molecule is CC(=O)N/C(C=O)=C\c1ccccc1. The molecule has 0 aliphatic carbocycles. The zero-order chi connectivity index (χ0) is 10.4. The van der Waals surface area contributed by atoms with Crippen LogP contribution in [0.15, 0.2) is 36.0 Å². The van der Waals surface area contributed by atoms with Crippen molar-refractivity contribution in [3.05, 3.63) is 41.6 Å². The van der Waals surface area contributed by atoms with Gasteiger partial charge in [-0.05, 0) is 11.6 Å². The van der Waals surface area contributed by atoms with Crippen LogP contribution in [0.3, 0.4) is 0 Å². The number of allylic oxidation sites excluding steroid dienone is 1. The molecule has 0 aliphatic heterocycles. The minimum absolute atomic E-state index is 0.251. The van der Waals surface area contributed by atoms with Gasteiger partial charge >= 0.3 is 0 Å². The van der Waals surface area contributed by atoms with Gasteiger partial charge in [-0.1, -0.05) is 30.3 Å². The smallest absolute Gasteiger partial charge is 0.221 e. The summed E-state index contributed by atoms with van der Waals surface area (Å²) < 4.78 is 0. The van der Waals surface area contributed by atoms with E-state index in [4.69, 9.17) is 0 Å². The number of carbonyl (C=O) groups is 2. The molecule has 0 atom stereocenters. The molecule has 0 bridgehead atoms. The number of hydrogen-bond acceptors (Lipinski definition) is 2. The lowest BCUT2D eigenvalue weighted by atomic mass is 10.2. The van der Waals surface area contributed by atoms with E-state index < -0.39 is 0 Å². The second-order valence-corrected chi connectivity index (χ2v) is 2.81. The summed E-state index contributed by atoms with van der Waals surface area (Å²) >= 11 is 0. The Balaban J connectivity index is 2.84. The maximum Gasteiger partial charge on any atom is 0.221 e. The predicted octanol–water partition coefficient (Wildman–Crippen LogP) is 1.36. The molecule has 0 heterocycles. The van der Waals surface area contributed by atoms with Gasteiger partial charge in [0.2, 0.25) is 5.91 Å². The summed E-state index contributed by atoms with van der Waals surface area (Å²) in [7, 11) is 0. The minimum atomic E-state index is -0.251. The van der Waals surface area contributed by atoms with Crippen molar-refractivity contribution in [2.45, 2.75) is 6.92 Å². The van der Waals surface area contributed by atoms with Gasteiger partial charge in [0, 0.05) is 6.92 Å². The van der Waals surface area contributed by atoms with Gasteiger partial charge in [-0.2, -0.15) is 0 Å². The lowest BCUT2D eigenvalue weighted by Gasteiger charge is -1.99. The van der Waals surface area contributed by atoms with Crippen molar-refractivity contribution < 1.29 is 9.59 Å². The average molecular weight is 189 g/mol. The largest absolute Gasteiger partial charge is 0.324 e. The van der Waals surface area contributed by atoms with Gasteiger partial charge in [0.15, 0.2) is 6.29 Å². The van der Waals surface area contributed by atoms with E-state index in [1.165, 1.54) is 6.92 Å². The number of rotatable bonds is 3. The van der Waals surface area contributed by atoms with Gasteiger partial charge in [0.25, 0.3) is 0 Å². The molecule has 0 radical (unpaired) electrons. The van der Waals surface area contributed by atoms with Gasteiger partial charge in [-0.15, -0.1) is 0 Å². The third kappa shape index (κ3) is 3.23. The Morgan fingerprint density at radius 1 is 1.29 bits per heavy atom. The van der Waals surface area contributed by atoms with E-state index in [-0.39, 0.29) is 11.6 Å². The van der Waals surface area contributed by atoms with Crippen LogP contribution in [0.2, 0.25) is 0 Å². The highest BCUT2D eigenvalue weighted by Crippen LogP contribution is 2.02. The fourth-order valence-corrected chi connectivity index (χ4v) is 1.03. The van der Waals surface area contributed by atoms with Crippen LogP contribution >= 0.6 is 0 Å². The topological polar surface area (TPSA) is 46.2 Å². The Labute approximate surface area is 82.4 Å². The Bertz CT molecular complexity index is 355. The molecule has 1 N–H and O–H groups in total. The van der Waals surface area contributed by atoms with Crippen molar-refractivity contribution in [1.82, 2.24) is 5.32 Å². The molecule has 0 fully saturated rings. The minimum Gasteiger partial charge on any atom is -0.324 e. The molecule has 14 heavy (non-hydrogen) atoms. The fraction of sp³-hybridized carbons (Fsp3) is 0.0909. The molecule has 0 saturated heterocycles. The van der Waals surface area contributed by atoms with Crippen LogP contribution < -0.4 is 5.32 Å². The summed E-state index contributed by atoms with van der Waals surface area (Å²) in [6.45, 7) is 1.36. The molecule has 0 saturated carbocycles. The van der Waals surface area contributed by atoms with Gasteiger partial charge < -0.3 is 5.32 Å². The van der Waals surface area contributed by atoms with E-state index in [1.54, 1.807) is 6.08 Å². The first-order valence-corrected chi connectivity index (χ1v) is 4.22. The molecule has 3 heteroatoms. The number of amides is 1. The molecular weight excluding hydrogens is 178 g/mol. The number of hydrogen-bond donors (Lipinski definition) is 1.